The van der Waals surface area contributed by atoms with E-state index in [1.54, 1.807) is 25.2 Å². The lowest BCUT2D eigenvalue weighted by atomic mass is 10.2. The van der Waals surface area contributed by atoms with Crippen molar-refractivity contribution < 1.29 is 13.9 Å². The van der Waals surface area contributed by atoms with Crippen LogP contribution in [0, 0.1) is 0 Å². The number of anilines is 1. The molecule has 7 nitrogen and oxygen atoms in total. The van der Waals surface area contributed by atoms with Crippen LogP contribution in [0.15, 0.2) is 71.3 Å². The average Bonchev–Trinajstić information content (AvgIpc) is 3.18. The predicted octanol–water partition coefficient (Wildman–Crippen LogP) is 4.01. The molecular weight excluding hydrogens is 368 g/mol. The molecule has 7 heteroatoms. The molecule has 0 fully saturated rings. The van der Waals surface area contributed by atoms with Gasteiger partial charge in [0.15, 0.2) is 5.58 Å². The number of amides is 1. The summed E-state index contributed by atoms with van der Waals surface area (Å²) in [5, 5.41) is 2.54. The van der Waals surface area contributed by atoms with Gasteiger partial charge >= 0.3 is 0 Å². The SMILES string of the molecule is CNC(=O)c1cc(Oc2ccc3nc(N(C)Cc4ccccc4)oc3c2)ccn1. The molecular formula is C22H20N4O3. The van der Waals surface area contributed by atoms with E-state index in [1.165, 1.54) is 11.8 Å². The summed E-state index contributed by atoms with van der Waals surface area (Å²) < 4.78 is 11.8. The van der Waals surface area contributed by atoms with Gasteiger partial charge in [0.25, 0.3) is 11.9 Å². The van der Waals surface area contributed by atoms with Crippen LogP contribution in [0.25, 0.3) is 11.1 Å². The Morgan fingerprint density at radius 2 is 1.90 bits per heavy atom. The van der Waals surface area contributed by atoms with Crippen molar-refractivity contribution in [1.29, 1.82) is 0 Å². The van der Waals surface area contributed by atoms with Crippen molar-refractivity contribution in [1.82, 2.24) is 15.3 Å². The zero-order valence-electron chi connectivity index (χ0n) is 16.1. The summed E-state index contributed by atoms with van der Waals surface area (Å²) in [6.07, 6.45) is 1.53. The topological polar surface area (TPSA) is 80.5 Å². The van der Waals surface area contributed by atoms with Gasteiger partial charge in [-0.2, -0.15) is 4.98 Å². The lowest BCUT2D eigenvalue weighted by Crippen LogP contribution is -2.18. The lowest BCUT2D eigenvalue weighted by molar-refractivity contribution is 0.0958. The van der Waals surface area contributed by atoms with Gasteiger partial charge in [-0.3, -0.25) is 9.78 Å². The van der Waals surface area contributed by atoms with Crippen molar-refractivity contribution in [2.24, 2.45) is 0 Å². The molecule has 0 bridgehead atoms. The Morgan fingerprint density at radius 1 is 1.10 bits per heavy atom. The van der Waals surface area contributed by atoms with Crippen molar-refractivity contribution in [3.8, 4) is 11.5 Å². The number of oxazole rings is 1. The van der Waals surface area contributed by atoms with Crippen LogP contribution in [0.5, 0.6) is 11.5 Å². The van der Waals surface area contributed by atoms with Gasteiger partial charge in [-0.05, 0) is 23.8 Å². The highest BCUT2D eigenvalue weighted by Gasteiger charge is 2.12. The maximum atomic E-state index is 11.7. The van der Waals surface area contributed by atoms with E-state index in [4.69, 9.17) is 9.15 Å². The van der Waals surface area contributed by atoms with E-state index in [0.29, 0.717) is 29.6 Å². The molecule has 0 aliphatic carbocycles. The van der Waals surface area contributed by atoms with E-state index < -0.39 is 0 Å². The van der Waals surface area contributed by atoms with Crippen LogP contribution in [0.2, 0.25) is 0 Å². The van der Waals surface area contributed by atoms with Crippen molar-refractivity contribution in [3.63, 3.8) is 0 Å². The van der Waals surface area contributed by atoms with Crippen LogP contribution in [0.3, 0.4) is 0 Å². The number of benzene rings is 2. The maximum Gasteiger partial charge on any atom is 0.298 e. The maximum absolute atomic E-state index is 11.7. The quantitative estimate of drug-likeness (QED) is 0.538. The van der Waals surface area contributed by atoms with Crippen molar-refractivity contribution >= 4 is 23.0 Å². The molecule has 0 radical (unpaired) electrons. The fourth-order valence-electron chi connectivity index (χ4n) is 2.91. The first-order valence-corrected chi connectivity index (χ1v) is 9.14. The highest BCUT2D eigenvalue weighted by Crippen LogP contribution is 2.28. The zero-order chi connectivity index (χ0) is 20.2. The summed E-state index contributed by atoms with van der Waals surface area (Å²) in [6, 6.07) is 19.4. The van der Waals surface area contributed by atoms with Gasteiger partial charge in [-0.15, -0.1) is 0 Å². The van der Waals surface area contributed by atoms with Crippen LogP contribution in [-0.4, -0.2) is 30.0 Å². The van der Waals surface area contributed by atoms with Crippen LogP contribution in [0.4, 0.5) is 6.01 Å². The first-order valence-electron chi connectivity index (χ1n) is 9.14. The third-order valence-corrected chi connectivity index (χ3v) is 4.36. The predicted molar refractivity (Wildman–Crippen MR) is 110 cm³/mol. The van der Waals surface area contributed by atoms with Gasteiger partial charge in [0, 0.05) is 39.0 Å². The summed E-state index contributed by atoms with van der Waals surface area (Å²) in [5.41, 5.74) is 2.83. The molecule has 1 amide bonds. The first kappa shape index (κ1) is 18.5. The van der Waals surface area contributed by atoms with Gasteiger partial charge in [0.1, 0.15) is 22.7 Å². The molecule has 0 saturated carbocycles. The molecule has 0 spiro atoms. The standard InChI is InChI=1S/C22H20N4O3/c1-23-21(27)19-12-17(10-11-24-19)28-16-8-9-18-20(13-16)29-22(25-18)26(2)14-15-6-4-3-5-7-15/h3-13H,14H2,1-2H3,(H,23,27). The fraction of sp³-hybridized carbons (Fsp3) is 0.136. The molecule has 0 unspecified atom stereocenters. The normalized spacial score (nSPS) is 10.7. The zero-order valence-corrected chi connectivity index (χ0v) is 16.1. The Balaban J connectivity index is 1.53. The van der Waals surface area contributed by atoms with E-state index in [2.05, 4.69) is 27.4 Å². The number of hydrogen-bond acceptors (Lipinski definition) is 6. The van der Waals surface area contributed by atoms with Crippen LogP contribution in [-0.2, 0) is 6.54 Å². The minimum Gasteiger partial charge on any atom is -0.457 e. The summed E-state index contributed by atoms with van der Waals surface area (Å²) >= 11 is 0. The summed E-state index contributed by atoms with van der Waals surface area (Å²) in [4.78, 5) is 22.3. The average molecular weight is 388 g/mol. The van der Waals surface area contributed by atoms with Gasteiger partial charge in [-0.25, -0.2) is 0 Å². The number of carbonyl (C=O) groups is 1. The number of aromatic nitrogens is 2. The molecule has 4 aromatic rings. The molecule has 0 aliphatic heterocycles. The Labute approximate surface area is 168 Å². The minimum absolute atomic E-state index is 0.271. The number of fused-ring (bicyclic) bond motifs is 1. The molecule has 0 atom stereocenters. The van der Waals surface area contributed by atoms with Crippen molar-refractivity contribution in [2.75, 3.05) is 19.0 Å². The number of nitrogens with zero attached hydrogens (tertiary/aromatic N) is 3. The number of pyridine rings is 1. The fourth-order valence-corrected chi connectivity index (χ4v) is 2.91. The van der Waals surface area contributed by atoms with E-state index in [-0.39, 0.29) is 11.6 Å². The lowest BCUT2D eigenvalue weighted by Gasteiger charge is -2.13. The van der Waals surface area contributed by atoms with Gasteiger partial charge < -0.3 is 19.4 Å². The van der Waals surface area contributed by atoms with Crippen LogP contribution in [0.1, 0.15) is 16.1 Å². The van der Waals surface area contributed by atoms with Crippen LogP contribution < -0.4 is 15.0 Å². The Bertz CT molecular complexity index is 1140. The summed E-state index contributed by atoms with van der Waals surface area (Å²) in [5.74, 6) is 0.825. The monoisotopic (exact) mass is 388 g/mol. The Kier molecular flexibility index (Phi) is 5.11. The highest BCUT2D eigenvalue weighted by molar-refractivity contribution is 5.92. The molecule has 1 N–H and O–H groups in total. The smallest absolute Gasteiger partial charge is 0.298 e. The summed E-state index contributed by atoms with van der Waals surface area (Å²) in [6.45, 7) is 0.691. The number of rotatable bonds is 6. The summed E-state index contributed by atoms with van der Waals surface area (Å²) in [7, 11) is 3.49. The molecule has 2 aromatic carbocycles. The van der Waals surface area contributed by atoms with E-state index >= 15 is 0 Å². The number of hydrogen-bond donors (Lipinski definition) is 1. The second kappa shape index (κ2) is 8.02. The molecule has 146 valence electrons. The molecule has 4 rings (SSSR count). The molecule has 2 aromatic heterocycles. The minimum atomic E-state index is -0.271. The van der Waals surface area contributed by atoms with E-state index in [0.717, 1.165) is 5.52 Å². The van der Waals surface area contributed by atoms with Gasteiger partial charge in [-0.1, -0.05) is 30.3 Å². The van der Waals surface area contributed by atoms with Crippen molar-refractivity contribution in [2.45, 2.75) is 6.54 Å². The number of ether oxygens (including phenoxy) is 1. The van der Waals surface area contributed by atoms with Crippen LogP contribution >= 0.6 is 0 Å². The highest BCUT2D eigenvalue weighted by atomic mass is 16.5. The molecule has 0 aliphatic rings. The second-order valence-corrected chi connectivity index (χ2v) is 6.53. The van der Waals surface area contributed by atoms with Crippen molar-refractivity contribution in [3.05, 3.63) is 78.1 Å². The third-order valence-electron chi connectivity index (χ3n) is 4.36. The Morgan fingerprint density at radius 3 is 2.69 bits per heavy atom. The molecule has 2 heterocycles. The molecule has 29 heavy (non-hydrogen) atoms. The first-order chi connectivity index (χ1) is 14.1. The number of nitrogens with one attached hydrogen (secondary N) is 1. The third kappa shape index (κ3) is 4.19. The van der Waals surface area contributed by atoms with Gasteiger partial charge in [0.2, 0.25) is 0 Å². The second-order valence-electron chi connectivity index (χ2n) is 6.53. The number of carbonyl (C=O) groups excluding carboxylic acids is 1. The largest absolute Gasteiger partial charge is 0.457 e. The Hall–Kier alpha value is -3.87. The van der Waals surface area contributed by atoms with Gasteiger partial charge in [0.05, 0.1) is 0 Å². The van der Waals surface area contributed by atoms with E-state index in [1.807, 2.05) is 42.3 Å². The molecule has 0 saturated heterocycles. The van der Waals surface area contributed by atoms with E-state index in [9.17, 15) is 4.79 Å².